The molecule has 0 radical (unpaired) electrons. The summed E-state index contributed by atoms with van der Waals surface area (Å²) in [6.07, 6.45) is 0.223. The molecule has 0 amide bonds. The molecule has 0 aliphatic rings. The Balaban J connectivity index is 3.26. The third kappa shape index (κ3) is 4.73. The van der Waals surface area contributed by atoms with Crippen LogP contribution in [0.15, 0.2) is 0 Å². The molecular weight excluding hydrogens is 130 g/mol. The van der Waals surface area contributed by atoms with Crippen LogP contribution in [0.1, 0.15) is 13.8 Å². The van der Waals surface area contributed by atoms with Gasteiger partial charge in [-0.25, -0.2) is 0 Å². The first kappa shape index (κ1) is 9.88. The number of rotatable bonds is 5. The van der Waals surface area contributed by atoms with E-state index >= 15 is 0 Å². The van der Waals surface area contributed by atoms with Crippen molar-refractivity contribution in [2.75, 3.05) is 19.8 Å². The highest BCUT2D eigenvalue weighted by molar-refractivity contribution is 4.56. The summed E-state index contributed by atoms with van der Waals surface area (Å²) in [5, 5.41) is 8.68. The molecular formula is C7H17NO2. The van der Waals surface area contributed by atoms with Crippen LogP contribution in [0, 0.1) is 5.92 Å². The quantitative estimate of drug-likeness (QED) is 0.574. The van der Waals surface area contributed by atoms with Crippen LogP contribution in [0.2, 0.25) is 0 Å². The van der Waals surface area contributed by atoms with Crippen LogP contribution < -0.4 is 5.73 Å². The fourth-order valence-corrected chi connectivity index (χ4v) is 0.524. The lowest BCUT2D eigenvalue weighted by atomic mass is 10.2. The van der Waals surface area contributed by atoms with Crippen molar-refractivity contribution in [2.24, 2.45) is 11.7 Å². The Kier molecular flexibility index (Phi) is 5.58. The van der Waals surface area contributed by atoms with Crippen molar-refractivity contribution < 1.29 is 9.84 Å². The average Bonchev–Trinajstić information content (AvgIpc) is 1.90. The van der Waals surface area contributed by atoms with Gasteiger partial charge >= 0.3 is 0 Å². The lowest BCUT2D eigenvalue weighted by molar-refractivity contribution is 0.0367. The Bertz CT molecular complexity index is 72.0. The minimum absolute atomic E-state index is 0.0994. The molecule has 0 aromatic carbocycles. The van der Waals surface area contributed by atoms with Gasteiger partial charge in [0.1, 0.15) is 0 Å². The summed E-state index contributed by atoms with van der Waals surface area (Å²) < 4.78 is 5.25. The molecule has 0 aliphatic carbocycles. The molecule has 62 valence electrons. The van der Waals surface area contributed by atoms with Crippen LogP contribution in [-0.4, -0.2) is 31.0 Å². The fourth-order valence-electron chi connectivity index (χ4n) is 0.524. The average molecular weight is 147 g/mol. The molecule has 3 N–H and O–H groups in total. The molecule has 0 rings (SSSR count). The predicted molar refractivity (Wildman–Crippen MR) is 40.7 cm³/mol. The highest BCUT2D eigenvalue weighted by atomic mass is 16.5. The zero-order valence-corrected chi connectivity index (χ0v) is 6.71. The monoisotopic (exact) mass is 147 g/mol. The first-order valence-electron chi connectivity index (χ1n) is 3.63. The summed E-state index contributed by atoms with van der Waals surface area (Å²) in [4.78, 5) is 0. The second-order valence-corrected chi connectivity index (χ2v) is 2.67. The molecule has 3 heteroatoms. The Hall–Kier alpha value is -0.120. The van der Waals surface area contributed by atoms with Gasteiger partial charge in [0.05, 0.1) is 12.7 Å². The number of aliphatic hydroxyl groups excluding tert-OH is 1. The molecule has 0 aromatic rings. The molecule has 0 saturated carbocycles. The van der Waals surface area contributed by atoms with E-state index in [1.54, 1.807) is 0 Å². The van der Waals surface area contributed by atoms with E-state index in [4.69, 9.17) is 15.6 Å². The van der Waals surface area contributed by atoms with Gasteiger partial charge in [0.25, 0.3) is 0 Å². The van der Waals surface area contributed by atoms with Gasteiger partial charge < -0.3 is 15.6 Å². The summed E-state index contributed by atoms with van der Waals surface area (Å²) in [6.45, 7) is 5.09. The predicted octanol–water partition coefficient (Wildman–Crippen LogP) is -0.0214. The van der Waals surface area contributed by atoms with Crippen molar-refractivity contribution in [3.05, 3.63) is 0 Å². The highest BCUT2D eigenvalue weighted by Crippen LogP contribution is 1.96. The van der Waals surface area contributed by atoms with Gasteiger partial charge in [0.15, 0.2) is 0 Å². The largest absolute Gasteiger partial charge is 0.396 e. The third-order valence-corrected chi connectivity index (χ3v) is 1.26. The molecule has 0 aliphatic heterocycles. The zero-order valence-electron chi connectivity index (χ0n) is 6.71. The first-order valence-corrected chi connectivity index (χ1v) is 3.63. The van der Waals surface area contributed by atoms with Crippen LogP contribution in [-0.2, 0) is 4.74 Å². The van der Waals surface area contributed by atoms with Gasteiger partial charge in [0.2, 0.25) is 0 Å². The SMILES string of the molecule is CC(C)OCC(CN)CO. The second kappa shape index (κ2) is 5.65. The van der Waals surface area contributed by atoms with Crippen LogP contribution in [0.3, 0.4) is 0 Å². The lowest BCUT2D eigenvalue weighted by Crippen LogP contribution is -2.24. The van der Waals surface area contributed by atoms with E-state index in [1.807, 2.05) is 13.8 Å². The topological polar surface area (TPSA) is 55.5 Å². The number of hydrogen-bond donors (Lipinski definition) is 2. The normalized spacial score (nSPS) is 14.1. The van der Waals surface area contributed by atoms with Crippen molar-refractivity contribution in [1.82, 2.24) is 0 Å². The van der Waals surface area contributed by atoms with Crippen molar-refractivity contribution in [2.45, 2.75) is 20.0 Å². The van der Waals surface area contributed by atoms with Crippen molar-refractivity contribution in [3.63, 3.8) is 0 Å². The van der Waals surface area contributed by atoms with Crippen LogP contribution in [0.4, 0.5) is 0 Å². The first-order chi connectivity index (χ1) is 4.70. The van der Waals surface area contributed by atoms with E-state index in [-0.39, 0.29) is 18.6 Å². The van der Waals surface area contributed by atoms with Crippen molar-refractivity contribution >= 4 is 0 Å². The molecule has 1 unspecified atom stereocenters. The molecule has 10 heavy (non-hydrogen) atoms. The fraction of sp³-hybridized carbons (Fsp3) is 1.00. The number of hydrogen-bond acceptors (Lipinski definition) is 3. The van der Waals surface area contributed by atoms with E-state index in [0.29, 0.717) is 13.2 Å². The molecule has 0 bridgehead atoms. The van der Waals surface area contributed by atoms with Gasteiger partial charge in [-0.15, -0.1) is 0 Å². The zero-order chi connectivity index (χ0) is 7.98. The van der Waals surface area contributed by atoms with E-state index in [9.17, 15) is 0 Å². The van der Waals surface area contributed by atoms with E-state index in [1.165, 1.54) is 0 Å². The molecule has 3 nitrogen and oxygen atoms in total. The van der Waals surface area contributed by atoms with Gasteiger partial charge in [-0.1, -0.05) is 0 Å². The Morgan fingerprint density at radius 3 is 2.40 bits per heavy atom. The van der Waals surface area contributed by atoms with Gasteiger partial charge in [-0.2, -0.15) is 0 Å². The maximum Gasteiger partial charge on any atom is 0.0531 e. The van der Waals surface area contributed by atoms with Crippen molar-refractivity contribution in [3.8, 4) is 0 Å². The molecule has 0 saturated heterocycles. The summed E-state index contributed by atoms with van der Waals surface area (Å²) in [7, 11) is 0. The van der Waals surface area contributed by atoms with E-state index in [2.05, 4.69) is 0 Å². The molecule has 0 aromatic heterocycles. The van der Waals surface area contributed by atoms with Gasteiger partial charge in [-0.3, -0.25) is 0 Å². The van der Waals surface area contributed by atoms with Crippen LogP contribution >= 0.6 is 0 Å². The highest BCUT2D eigenvalue weighted by Gasteiger charge is 2.05. The van der Waals surface area contributed by atoms with Crippen molar-refractivity contribution in [1.29, 1.82) is 0 Å². The lowest BCUT2D eigenvalue weighted by Gasteiger charge is -2.13. The molecule has 0 spiro atoms. The minimum atomic E-state index is 0.0994. The molecule has 1 atom stereocenters. The van der Waals surface area contributed by atoms with Crippen LogP contribution in [0.25, 0.3) is 0 Å². The van der Waals surface area contributed by atoms with E-state index < -0.39 is 0 Å². The Morgan fingerprint density at radius 2 is 2.10 bits per heavy atom. The summed E-state index contributed by atoms with van der Waals surface area (Å²) in [5.74, 6) is 0.0994. The standard InChI is InChI=1S/C7H17NO2/c1-6(2)10-5-7(3-8)4-9/h6-7,9H,3-5,8H2,1-2H3. The molecule has 0 fully saturated rings. The van der Waals surface area contributed by atoms with Gasteiger partial charge in [0, 0.05) is 12.5 Å². The Labute approximate surface area is 62.2 Å². The van der Waals surface area contributed by atoms with Crippen LogP contribution in [0.5, 0.6) is 0 Å². The smallest absolute Gasteiger partial charge is 0.0531 e. The third-order valence-electron chi connectivity index (χ3n) is 1.26. The number of nitrogens with two attached hydrogens (primary N) is 1. The Morgan fingerprint density at radius 1 is 1.50 bits per heavy atom. The number of aliphatic hydroxyl groups is 1. The van der Waals surface area contributed by atoms with E-state index in [0.717, 1.165) is 0 Å². The summed E-state index contributed by atoms with van der Waals surface area (Å²) >= 11 is 0. The maximum atomic E-state index is 8.68. The second-order valence-electron chi connectivity index (χ2n) is 2.67. The minimum Gasteiger partial charge on any atom is -0.396 e. The summed E-state index contributed by atoms with van der Waals surface area (Å²) in [6, 6.07) is 0. The summed E-state index contributed by atoms with van der Waals surface area (Å²) in [5.41, 5.74) is 5.33. The van der Waals surface area contributed by atoms with Gasteiger partial charge in [-0.05, 0) is 20.4 Å². The maximum absolute atomic E-state index is 8.68. The molecule has 0 heterocycles. The number of ether oxygens (including phenoxy) is 1.